The van der Waals surface area contributed by atoms with Gasteiger partial charge in [-0.2, -0.15) is 0 Å². The minimum Gasteiger partial charge on any atom is -0.352 e. The van der Waals surface area contributed by atoms with Crippen molar-refractivity contribution in [2.45, 2.75) is 6.42 Å². The standard InChI is InChI=1S/C12H14ClFN2O.ClH/c13-10-3-1-2-9(11(10)14)12(17)16-7-8-4-5-15-6-8;/h1-3,8,15H,4-7H2,(H,16,17);1H. The Morgan fingerprint density at radius 2 is 2.33 bits per heavy atom. The van der Waals surface area contributed by atoms with Crippen LogP contribution in [0.25, 0.3) is 0 Å². The van der Waals surface area contributed by atoms with Crippen LogP contribution in [0.5, 0.6) is 0 Å². The first kappa shape index (κ1) is 15.2. The highest BCUT2D eigenvalue weighted by atomic mass is 35.5. The molecule has 0 saturated carbocycles. The lowest BCUT2D eigenvalue weighted by atomic mass is 10.1. The Hall–Kier alpha value is -0.840. The number of hydrogen-bond donors (Lipinski definition) is 2. The minimum atomic E-state index is -0.656. The fraction of sp³-hybridized carbons (Fsp3) is 0.417. The summed E-state index contributed by atoms with van der Waals surface area (Å²) >= 11 is 5.62. The van der Waals surface area contributed by atoms with Crippen LogP contribution in [-0.2, 0) is 0 Å². The molecule has 3 nitrogen and oxygen atoms in total. The van der Waals surface area contributed by atoms with E-state index in [-0.39, 0.29) is 23.0 Å². The van der Waals surface area contributed by atoms with Crippen LogP contribution in [-0.4, -0.2) is 25.5 Å². The normalized spacial score (nSPS) is 18.2. The average molecular weight is 293 g/mol. The van der Waals surface area contributed by atoms with Gasteiger partial charge >= 0.3 is 0 Å². The van der Waals surface area contributed by atoms with Crippen LogP contribution in [0.2, 0.25) is 5.02 Å². The molecule has 1 aliphatic rings. The van der Waals surface area contributed by atoms with Crippen LogP contribution in [0, 0.1) is 11.7 Å². The zero-order valence-corrected chi connectivity index (χ0v) is 11.3. The van der Waals surface area contributed by atoms with E-state index < -0.39 is 11.7 Å². The number of carbonyl (C=O) groups excluding carboxylic acids is 1. The lowest BCUT2D eigenvalue weighted by Gasteiger charge is -2.10. The van der Waals surface area contributed by atoms with Gasteiger partial charge in [-0.25, -0.2) is 4.39 Å². The van der Waals surface area contributed by atoms with Crippen LogP contribution in [0.4, 0.5) is 4.39 Å². The highest BCUT2D eigenvalue weighted by molar-refractivity contribution is 6.31. The molecule has 0 aromatic heterocycles. The van der Waals surface area contributed by atoms with E-state index in [2.05, 4.69) is 10.6 Å². The van der Waals surface area contributed by atoms with Gasteiger partial charge in [-0.3, -0.25) is 4.79 Å². The first-order valence-corrected chi connectivity index (χ1v) is 5.99. The largest absolute Gasteiger partial charge is 0.352 e. The molecular formula is C12H15Cl2FN2O. The number of rotatable bonds is 3. The van der Waals surface area contributed by atoms with E-state index in [1.54, 1.807) is 6.07 Å². The quantitative estimate of drug-likeness (QED) is 0.897. The van der Waals surface area contributed by atoms with Gasteiger partial charge < -0.3 is 10.6 Å². The zero-order valence-electron chi connectivity index (χ0n) is 9.71. The summed E-state index contributed by atoms with van der Waals surface area (Å²) in [4.78, 5) is 11.7. The van der Waals surface area contributed by atoms with Crippen molar-refractivity contribution in [2.75, 3.05) is 19.6 Å². The van der Waals surface area contributed by atoms with Gasteiger partial charge in [0.1, 0.15) is 0 Å². The van der Waals surface area contributed by atoms with Crippen LogP contribution in [0.15, 0.2) is 18.2 Å². The molecule has 0 radical (unpaired) electrons. The van der Waals surface area contributed by atoms with Gasteiger partial charge in [0.15, 0.2) is 5.82 Å². The molecule has 1 fully saturated rings. The molecule has 0 aliphatic carbocycles. The number of nitrogens with one attached hydrogen (secondary N) is 2. The SMILES string of the molecule is Cl.O=C(NCC1CCNC1)c1cccc(Cl)c1F. The third-order valence-electron chi connectivity index (χ3n) is 2.91. The minimum absolute atomic E-state index is 0. The summed E-state index contributed by atoms with van der Waals surface area (Å²) in [5.41, 5.74) is 0.00320. The maximum absolute atomic E-state index is 13.5. The van der Waals surface area contributed by atoms with Gasteiger partial charge in [0, 0.05) is 6.54 Å². The maximum atomic E-state index is 13.5. The molecule has 0 spiro atoms. The predicted molar refractivity (Wildman–Crippen MR) is 72.0 cm³/mol. The number of amides is 1. The fourth-order valence-corrected chi connectivity index (χ4v) is 2.07. The third-order valence-corrected chi connectivity index (χ3v) is 3.20. The van der Waals surface area contributed by atoms with Gasteiger partial charge in [-0.05, 0) is 37.6 Å². The zero-order chi connectivity index (χ0) is 12.3. The molecule has 1 aliphatic heterocycles. The number of benzene rings is 1. The van der Waals surface area contributed by atoms with Crippen LogP contribution in [0.3, 0.4) is 0 Å². The Morgan fingerprint density at radius 3 is 3.00 bits per heavy atom. The van der Waals surface area contributed by atoms with Crippen LogP contribution < -0.4 is 10.6 Å². The molecule has 2 rings (SSSR count). The van der Waals surface area contributed by atoms with Crippen LogP contribution in [0.1, 0.15) is 16.8 Å². The second kappa shape index (κ2) is 6.92. The molecule has 1 atom stereocenters. The van der Waals surface area contributed by atoms with Crippen LogP contribution >= 0.6 is 24.0 Å². The number of carbonyl (C=O) groups is 1. The van der Waals surface area contributed by atoms with Crippen molar-refractivity contribution in [2.24, 2.45) is 5.92 Å². The fourth-order valence-electron chi connectivity index (χ4n) is 1.90. The van der Waals surface area contributed by atoms with Gasteiger partial charge in [0.2, 0.25) is 0 Å². The molecule has 6 heteroatoms. The van der Waals surface area contributed by atoms with Crippen molar-refractivity contribution >= 4 is 29.9 Å². The van der Waals surface area contributed by atoms with E-state index in [9.17, 15) is 9.18 Å². The second-order valence-electron chi connectivity index (χ2n) is 4.17. The van der Waals surface area contributed by atoms with E-state index in [1.165, 1.54) is 12.1 Å². The predicted octanol–water partition coefficient (Wildman–Crippen LogP) is 2.24. The summed E-state index contributed by atoms with van der Waals surface area (Å²) in [6, 6.07) is 4.43. The third kappa shape index (κ3) is 3.57. The van der Waals surface area contributed by atoms with Crippen molar-refractivity contribution in [1.82, 2.24) is 10.6 Å². The topological polar surface area (TPSA) is 41.1 Å². The Balaban J connectivity index is 0.00000162. The van der Waals surface area contributed by atoms with Crippen molar-refractivity contribution in [3.63, 3.8) is 0 Å². The van der Waals surface area contributed by atoms with Crippen molar-refractivity contribution in [3.8, 4) is 0 Å². The molecule has 1 heterocycles. The summed E-state index contributed by atoms with van der Waals surface area (Å²) < 4.78 is 13.5. The number of hydrogen-bond acceptors (Lipinski definition) is 2. The highest BCUT2D eigenvalue weighted by Gasteiger charge is 2.18. The van der Waals surface area contributed by atoms with E-state index in [1.807, 2.05) is 0 Å². The molecule has 2 N–H and O–H groups in total. The molecule has 1 aromatic carbocycles. The Kier molecular flexibility index (Phi) is 5.85. The highest BCUT2D eigenvalue weighted by Crippen LogP contribution is 2.17. The molecule has 1 unspecified atom stereocenters. The molecule has 100 valence electrons. The van der Waals surface area contributed by atoms with Gasteiger partial charge in [-0.1, -0.05) is 17.7 Å². The molecule has 1 aromatic rings. The molecule has 1 amide bonds. The summed E-state index contributed by atoms with van der Waals surface area (Å²) in [5, 5.41) is 5.91. The smallest absolute Gasteiger partial charge is 0.254 e. The number of halogens is 3. The van der Waals surface area contributed by atoms with Crippen molar-refractivity contribution in [3.05, 3.63) is 34.6 Å². The second-order valence-corrected chi connectivity index (χ2v) is 4.58. The first-order valence-electron chi connectivity index (χ1n) is 5.61. The Bertz CT molecular complexity index is 423. The monoisotopic (exact) mass is 292 g/mol. The summed E-state index contributed by atoms with van der Waals surface area (Å²) in [5.74, 6) is -0.630. The average Bonchev–Trinajstić information content (AvgIpc) is 2.82. The summed E-state index contributed by atoms with van der Waals surface area (Å²) in [6.45, 7) is 2.45. The lowest BCUT2D eigenvalue weighted by Crippen LogP contribution is -2.30. The summed E-state index contributed by atoms with van der Waals surface area (Å²) in [6.07, 6.45) is 1.04. The summed E-state index contributed by atoms with van der Waals surface area (Å²) in [7, 11) is 0. The Labute approximate surface area is 116 Å². The lowest BCUT2D eigenvalue weighted by molar-refractivity contribution is 0.0944. The Morgan fingerprint density at radius 1 is 1.56 bits per heavy atom. The maximum Gasteiger partial charge on any atom is 0.254 e. The van der Waals surface area contributed by atoms with E-state index in [4.69, 9.17) is 11.6 Å². The molecular weight excluding hydrogens is 278 g/mol. The van der Waals surface area contributed by atoms with Gasteiger partial charge in [0.25, 0.3) is 5.91 Å². The van der Waals surface area contributed by atoms with Crippen molar-refractivity contribution < 1.29 is 9.18 Å². The molecule has 18 heavy (non-hydrogen) atoms. The van der Waals surface area contributed by atoms with E-state index in [0.717, 1.165) is 19.5 Å². The van der Waals surface area contributed by atoms with Gasteiger partial charge in [0.05, 0.1) is 10.6 Å². The van der Waals surface area contributed by atoms with E-state index >= 15 is 0 Å². The van der Waals surface area contributed by atoms with E-state index in [0.29, 0.717) is 12.5 Å². The molecule has 1 saturated heterocycles. The molecule has 0 bridgehead atoms. The van der Waals surface area contributed by atoms with Gasteiger partial charge in [-0.15, -0.1) is 12.4 Å². The van der Waals surface area contributed by atoms with Crippen molar-refractivity contribution in [1.29, 1.82) is 0 Å². The first-order chi connectivity index (χ1) is 8.18.